The van der Waals surface area contributed by atoms with Crippen LogP contribution in [-0.2, 0) is 9.59 Å². The Morgan fingerprint density at radius 2 is 2.06 bits per heavy atom. The van der Waals surface area contributed by atoms with Gasteiger partial charge in [0.25, 0.3) is 0 Å². The van der Waals surface area contributed by atoms with Gasteiger partial charge in [0.05, 0.1) is 0 Å². The molecule has 0 bridgehead atoms. The summed E-state index contributed by atoms with van der Waals surface area (Å²) in [6, 6.07) is 0.179. The van der Waals surface area contributed by atoms with Gasteiger partial charge < -0.3 is 4.90 Å². The minimum absolute atomic E-state index is 0.179. The lowest BCUT2D eigenvalue weighted by Gasteiger charge is -2.34. The van der Waals surface area contributed by atoms with E-state index in [1.165, 1.54) is 17.3 Å². The van der Waals surface area contributed by atoms with Crippen molar-refractivity contribution in [1.29, 1.82) is 0 Å². The van der Waals surface area contributed by atoms with Crippen LogP contribution in [0, 0.1) is 0 Å². The molecule has 2 amide bonds. The first-order valence-corrected chi connectivity index (χ1v) is 6.19. The summed E-state index contributed by atoms with van der Waals surface area (Å²) in [7, 11) is 0. The molecule has 1 unspecified atom stereocenters. The molecule has 98 valence electrons. The van der Waals surface area contributed by atoms with Crippen molar-refractivity contribution in [3.8, 4) is 0 Å². The molecule has 1 aliphatic rings. The Kier molecular flexibility index (Phi) is 3.91. The van der Waals surface area contributed by atoms with Gasteiger partial charge in [-0.3, -0.25) is 15.0 Å². The summed E-state index contributed by atoms with van der Waals surface area (Å²) in [6.07, 6.45) is 6.60. The van der Waals surface area contributed by atoms with Gasteiger partial charge in [0, 0.05) is 12.6 Å². The van der Waals surface area contributed by atoms with E-state index in [1.807, 2.05) is 6.92 Å². The van der Waals surface area contributed by atoms with E-state index in [0.717, 1.165) is 25.7 Å². The number of hydrogen-bond acceptors (Lipinski definition) is 4. The maximum atomic E-state index is 12.1. The summed E-state index contributed by atoms with van der Waals surface area (Å²) in [5.74, 6) is -1.12. The first-order chi connectivity index (χ1) is 8.72. The Morgan fingerprint density at radius 1 is 1.33 bits per heavy atom. The largest absolute Gasteiger partial charge is 0.331 e. The second-order valence-electron chi connectivity index (χ2n) is 4.37. The molecule has 1 aromatic rings. The van der Waals surface area contributed by atoms with Crippen molar-refractivity contribution in [2.45, 2.75) is 38.6 Å². The monoisotopic (exact) mass is 251 g/mol. The van der Waals surface area contributed by atoms with E-state index >= 15 is 0 Å². The van der Waals surface area contributed by atoms with Crippen LogP contribution in [0.25, 0.3) is 0 Å². The van der Waals surface area contributed by atoms with Crippen LogP contribution in [-0.4, -0.2) is 44.2 Å². The number of likely N-dealkylation sites (tertiary alicyclic amines) is 1. The molecule has 0 aliphatic carbocycles. The van der Waals surface area contributed by atoms with Crippen LogP contribution < -0.4 is 5.43 Å². The van der Waals surface area contributed by atoms with Gasteiger partial charge in [0.2, 0.25) is 0 Å². The Bertz CT molecular complexity index is 417. The minimum Gasteiger partial charge on any atom is -0.331 e. The maximum Gasteiger partial charge on any atom is 0.328 e. The van der Waals surface area contributed by atoms with E-state index in [-0.39, 0.29) is 6.04 Å². The number of nitrogens with one attached hydrogen (secondary N) is 1. The lowest BCUT2D eigenvalue weighted by atomic mass is 10.00. The van der Waals surface area contributed by atoms with Gasteiger partial charge in [-0.15, -0.1) is 10.2 Å². The van der Waals surface area contributed by atoms with Crippen LogP contribution in [0.5, 0.6) is 0 Å². The van der Waals surface area contributed by atoms with Crippen LogP contribution in [0.3, 0.4) is 0 Å². The second kappa shape index (κ2) is 5.61. The highest BCUT2D eigenvalue weighted by Crippen LogP contribution is 2.19. The molecule has 7 heteroatoms. The summed E-state index contributed by atoms with van der Waals surface area (Å²) in [6.45, 7) is 2.70. The molecule has 1 aromatic heterocycles. The summed E-state index contributed by atoms with van der Waals surface area (Å²) >= 11 is 0. The fourth-order valence-corrected chi connectivity index (χ4v) is 2.25. The molecule has 0 aromatic carbocycles. The van der Waals surface area contributed by atoms with Crippen LogP contribution in [0.1, 0.15) is 32.6 Å². The highest BCUT2D eigenvalue weighted by Gasteiger charge is 2.29. The molecular weight excluding hydrogens is 234 g/mol. The number of nitrogens with zero attached hydrogens (tertiary/aromatic N) is 4. The number of carbonyl (C=O) groups excluding carboxylic acids is 2. The Labute approximate surface area is 105 Å². The smallest absolute Gasteiger partial charge is 0.328 e. The van der Waals surface area contributed by atoms with E-state index in [0.29, 0.717) is 6.54 Å². The van der Waals surface area contributed by atoms with E-state index in [1.54, 1.807) is 4.90 Å². The van der Waals surface area contributed by atoms with Crippen LogP contribution in [0.15, 0.2) is 12.7 Å². The predicted octanol–water partition coefficient (Wildman–Crippen LogP) is 0.139. The van der Waals surface area contributed by atoms with Gasteiger partial charge in [-0.2, -0.15) is 0 Å². The third kappa shape index (κ3) is 2.66. The van der Waals surface area contributed by atoms with Crippen molar-refractivity contribution in [2.75, 3.05) is 12.0 Å². The Morgan fingerprint density at radius 3 is 2.72 bits per heavy atom. The average molecular weight is 251 g/mol. The molecule has 1 aliphatic heterocycles. The zero-order valence-corrected chi connectivity index (χ0v) is 10.4. The number of rotatable bonds is 2. The molecule has 18 heavy (non-hydrogen) atoms. The van der Waals surface area contributed by atoms with E-state index in [2.05, 4.69) is 15.6 Å². The normalized spacial score (nSPS) is 19.6. The van der Waals surface area contributed by atoms with Crippen molar-refractivity contribution in [3.05, 3.63) is 12.7 Å². The lowest BCUT2D eigenvalue weighted by Crippen LogP contribution is -2.49. The van der Waals surface area contributed by atoms with Gasteiger partial charge in [0.1, 0.15) is 12.7 Å². The summed E-state index contributed by atoms with van der Waals surface area (Å²) in [4.78, 5) is 25.5. The minimum atomic E-state index is -0.643. The second-order valence-corrected chi connectivity index (χ2v) is 4.37. The predicted molar refractivity (Wildman–Crippen MR) is 64.0 cm³/mol. The molecule has 1 fully saturated rings. The molecule has 7 nitrogen and oxygen atoms in total. The van der Waals surface area contributed by atoms with Crippen molar-refractivity contribution in [2.24, 2.45) is 0 Å². The number of piperidine rings is 1. The van der Waals surface area contributed by atoms with Crippen molar-refractivity contribution in [1.82, 2.24) is 19.8 Å². The standard InChI is InChI=1S/C11H17N5O2/c1-2-9-5-3-4-6-16(9)11(18)10(17)14-15-7-12-13-8-15/h7-9H,2-6H2,1H3,(H,14,17). The van der Waals surface area contributed by atoms with Gasteiger partial charge in [-0.05, 0) is 25.7 Å². The Hall–Kier alpha value is -1.92. The first-order valence-electron chi connectivity index (χ1n) is 6.19. The number of amides is 2. The summed E-state index contributed by atoms with van der Waals surface area (Å²) in [5.41, 5.74) is 2.43. The van der Waals surface area contributed by atoms with E-state index < -0.39 is 11.8 Å². The molecule has 2 rings (SSSR count). The SMILES string of the molecule is CCC1CCCCN1C(=O)C(=O)Nn1cnnc1. The van der Waals surface area contributed by atoms with Gasteiger partial charge in [-0.1, -0.05) is 6.92 Å². The molecule has 1 saturated heterocycles. The topological polar surface area (TPSA) is 80.1 Å². The van der Waals surface area contributed by atoms with Crippen LogP contribution in [0.4, 0.5) is 0 Å². The molecule has 0 radical (unpaired) electrons. The third-order valence-corrected chi connectivity index (χ3v) is 3.20. The fourth-order valence-electron chi connectivity index (χ4n) is 2.25. The highest BCUT2D eigenvalue weighted by atomic mass is 16.2. The fraction of sp³-hybridized carbons (Fsp3) is 0.636. The third-order valence-electron chi connectivity index (χ3n) is 3.20. The zero-order chi connectivity index (χ0) is 13.0. The van der Waals surface area contributed by atoms with Crippen molar-refractivity contribution < 1.29 is 9.59 Å². The van der Waals surface area contributed by atoms with Crippen LogP contribution in [0.2, 0.25) is 0 Å². The number of carbonyl (C=O) groups is 2. The molecule has 0 saturated carbocycles. The van der Waals surface area contributed by atoms with E-state index in [9.17, 15) is 9.59 Å². The molecule has 0 spiro atoms. The molecule has 1 atom stereocenters. The number of hydrogen-bond donors (Lipinski definition) is 1. The first kappa shape index (κ1) is 12.5. The van der Waals surface area contributed by atoms with Gasteiger partial charge >= 0.3 is 11.8 Å². The highest BCUT2D eigenvalue weighted by molar-refractivity contribution is 6.38. The lowest BCUT2D eigenvalue weighted by molar-refractivity contribution is -0.146. The van der Waals surface area contributed by atoms with Crippen molar-refractivity contribution >= 4 is 11.8 Å². The van der Waals surface area contributed by atoms with E-state index in [4.69, 9.17) is 0 Å². The maximum absolute atomic E-state index is 12.1. The zero-order valence-electron chi connectivity index (χ0n) is 10.4. The summed E-state index contributed by atoms with van der Waals surface area (Å²) in [5, 5.41) is 7.10. The molecule has 2 heterocycles. The van der Waals surface area contributed by atoms with Crippen molar-refractivity contribution in [3.63, 3.8) is 0 Å². The van der Waals surface area contributed by atoms with Gasteiger partial charge in [-0.25, -0.2) is 4.68 Å². The quantitative estimate of drug-likeness (QED) is 0.758. The summed E-state index contributed by atoms with van der Waals surface area (Å²) < 4.78 is 1.27. The van der Waals surface area contributed by atoms with Crippen LogP contribution >= 0.6 is 0 Å². The van der Waals surface area contributed by atoms with Gasteiger partial charge in [0.15, 0.2) is 0 Å². The molecular formula is C11H17N5O2. The number of aromatic nitrogens is 3. The Balaban J connectivity index is 1.98. The molecule has 1 N–H and O–H groups in total. The average Bonchev–Trinajstić information content (AvgIpc) is 2.90.